The van der Waals surface area contributed by atoms with Gasteiger partial charge in [-0.1, -0.05) is 0 Å². The van der Waals surface area contributed by atoms with Crippen LogP contribution in [-0.2, 0) is 0 Å². The second kappa shape index (κ2) is 6.54. The summed E-state index contributed by atoms with van der Waals surface area (Å²) >= 11 is 2.23. The Bertz CT molecular complexity index is 334. The van der Waals surface area contributed by atoms with E-state index < -0.39 is 0 Å². The molecule has 1 saturated heterocycles. The van der Waals surface area contributed by atoms with Gasteiger partial charge in [0.25, 0.3) is 0 Å². The van der Waals surface area contributed by atoms with Crippen LogP contribution in [0.1, 0.15) is 25.7 Å². The molecule has 17 heavy (non-hydrogen) atoms. The number of hydrogen-bond acceptors (Lipinski definition) is 3. The Balaban J connectivity index is 1.84. The number of aliphatic hydroxyl groups is 1. The minimum absolute atomic E-state index is 0.335. The van der Waals surface area contributed by atoms with Crippen molar-refractivity contribution in [1.82, 2.24) is 4.98 Å². The van der Waals surface area contributed by atoms with Crippen molar-refractivity contribution in [2.75, 3.05) is 24.6 Å². The lowest BCUT2D eigenvalue weighted by Crippen LogP contribution is -2.33. The molecule has 0 bridgehead atoms. The van der Waals surface area contributed by atoms with Gasteiger partial charge in [-0.15, -0.1) is 0 Å². The largest absolute Gasteiger partial charge is 0.396 e. The molecular formula is C13H19IN2O. The van der Waals surface area contributed by atoms with Gasteiger partial charge in [-0.25, -0.2) is 4.98 Å². The van der Waals surface area contributed by atoms with Gasteiger partial charge < -0.3 is 10.0 Å². The fourth-order valence-corrected chi connectivity index (χ4v) is 2.73. The maximum Gasteiger partial charge on any atom is 0.101 e. The number of aromatic nitrogens is 1. The van der Waals surface area contributed by atoms with E-state index in [2.05, 4.69) is 44.6 Å². The van der Waals surface area contributed by atoms with E-state index in [0.29, 0.717) is 6.61 Å². The highest BCUT2D eigenvalue weighted by molar-refractivity contribution is 14.1. The van der Waals surface area contributed by atoms with Crippen LogP contribution in [0.15, 0.2) is 18.3 Å². The highest BCUT2D eigenvalue weighted by Crippen LogP contribution is 2.25. The molecule has 0 spiro atoms. The summed E-state index contributed by atoms with van der Waals surface area (Å²) in [4.78, 5) is 6.75. The number of pyridine rings is 1. The molecule has 0 saturated carbocycles. The van der Waals surface area contributed by atoms with E-state index in [-0.39, 0.29) is 0 Å². The lowest BCUT2D eigenvalue weighted by atomic mass is 9.92. The summed E-state index contributed by atoms with van der Waals surface area (Å²) in [7, 11) is 0. The van der Waals surface area contributed by atoms with E-state index in [4.69, 9.17) is 5.11 Å². The van der Waals surface area contributed by atoms with Gasteiger partial charge in [-0.2, -0.15) is 0 Å². The Morgan fingerprint density at radius 2 is 2.12 bits per heavy atom. The van der Waals surface area contributed by atoms with E-state index in [1.807, 2.05) is 6.20 Å². The average Bonchev–Trinajstić information content (AvgIpc) is 2.38. The third-order valence-corrected chi connectivity index (χ3v) is 4.10. The monoisotopic (exact) mass is 346 g/mol. The van der Waals surface area contributed by atoms with E-state index >= 15 is 0 Å². The highest BCUT2D eigenvalue weighted by atomic mass is 127. The summed E-state index contributed by atoms with van der Waals surface area (Å²) in [6, 6.07) is 4.22. The molecule has 2 rings (SSSR count). The first-order valence-corrected chi connectivity index (χ1v) is 7.35. The van der Waals surface area contributed by atoms with Crippen LogP contribution in [0.25, 0.3) is 0 Å². The minimum Gasteiger partial charge on any atom is -0.396 e. The van der Waals surface area contributed by atoms with Crippen LogP contribution < -0.4 is 4.90 Å². The number of rotatable bonds is 4. The van der Waals surface area contributed by atoms with Gasteiger partial charge in [0.1, 0.15) is 3.70 Å². The van der Waals surface area contributed by atoms with Gasteiger partial charge in [-0.3, -0.25) is 0 Å². The fourth-order valence-electron chi connectivity index (χ4n) is 2.41. The minimum atomic E-state index is 0.335. The molecule has 1 N–H and O–H groups in total. The first kappa shape index (κ1) is 13.1. The number of halogens is 1. The Kier molecular flexibility index (Phi) is 5.03. The molecule has 1 aromatic rings. The van der Waals surface area contributed by atoms with Gasteiger partial charge in [0.2, 0.25) is 0 Å². The van der Waals surface area contributed by atoms with Crippen LogP contribution in [0.2, 0.25) is 0 Å². The van der Waals surface area contributed by atoms with Gasteiger partial charge in [-0.05, 0) is 66.3 Å². The number of piperidine rings is 1. The van der Waals surface area contributed by atoms with E-state index in [1.165, 1.54) is 24.9 Å². The number of anilines is 1. The summed E-state index contributed by atoms with van der Waals surface area (Å²) < 4.78 is 1.05. The van der Waals surface area contributed by atoms with Crippen LogP contribution in [0.4, 0.5) is 5.69 Å². The Labute approximate surface area is 116 Å². The highest BCUT2D eigenvalue weighted by Gasteiger charge is 2.18. The normalized spacial score (nSPS) is 17.4. The number of nitrogens with zero attached hydrogens (tertiary/aromatic N) is 2. The summed E-state index contributed by atoms with van der Waals surface area (Å²) in [5.74, 6) is 0.801. The van der Waals surface area contributed by atoms with Gasteiger partial charge in [0.05, 0.1) is 11.9 Å². The summed E-state index contributed by atoms with van der Waals surface area (Å²) in [5.41, 5.74) is 1.24. The smallest absolute Gasteiger partial charge is 0.101 e. The van der Waals surface area contributed by atoms with Crippen molar-refractivity contribution in [1.29, 1.82) is 0 Å². The molecule has 1 aliphatic heterocycles. The quantitative estimate of drug-likeness (QED) is 0.673. The molecule has 0 amide bonds. The maximum absolute atomic E-state index is 8.83. The molecule has 1 fully saturated rings. The summed E-state index contributed by atoms with van der Waals surface area (Å²) in [6.45, 7) is 2.58. The van der Waals surface area contributed by atoms with Crippen LogP contribution >= 0.6 is 22.6 Å². The predicted octanol–water partition coefficient (Wildman–Crippen LogP) is 2.68. The molecule has 0 radical (unpaired) electrons. The molecule has 0 atom stereocenters. The second-order valence-electron chi connectivity index (χ2n) is 4.64. The van der Waals surface area contributed by atoms with Crippen molar-refractivity contribution in [2.24, 2.45) is 5.92 Å². The Morgan fingerprint density at radius 1 is 1.35 bits per heavy atom. The van der Waals surface area contributed by atoms with Gasteiger partial charge in [0.15, 0.2) is 0 Å². The number of hydrogen-bond donors (Lipinski definition) is 1. The molecule has 1 aromatic heterocycles. The topological polar surface area (TPSA) is 36.4 Å². The van der Waals surface area contributed by atoms with Crippen LogP contribution in [0.3, 0.4) is 0 Å². The zero-order chi connectivity index (χ0) is 12.1. The number of aliphatic hydroxyl groups excluding tert-OH is 1. The Hall–Kier alpha value is -0.360. The molecule has 0 aromatic carbocycles. The lowest BCUT2D eigenvalue weighted by Gasteiger charge is -2.33. The molecule has 94 valence electrons. The molecule has 1 aliphatic rings. The molecule has 2 heterocycles. The van der Waals surface area contributed by atoms with E-state index in [1.54, 1.807) is 0 Å². The zero-order valence-electron chi connectivity index (χ0n) is 9.98. The lowest BCUT2D eigenvalue weighted by molar-refractivity contribution is 0.261. The standard InChI is InChI=1S/C13H19IN2O/c14-13-4-3-12(10-15-13)16-7-5-11(6-8-16)2-1-9-17/h3-4,10-11,17H,1-2,5-9H2. The first-order valence-electron chi connectivity index (χ1n) is 6.27. The summed E-state index contributed by atoms with van der Waals surface area (Å²) in [6.07, 6.45) is 6.58. The second-order valence-corrected chi connectivity index (χ2v) is 5.74. The molecular weight excluding hydrogens is 327 g/mol. The molecule has 0 unspecified atom stereocenters. The van der Waals surface area contributed by atoms with Crippen LogP contribution in [0.5, 0.6) is 0 Å². The van der Waals surface area contributed by atoms with Gasteiger partial charge >= 0.3 is 0 Å². The molecule has 4 heteroatoms. The van der Waals surface area contributed by atoms with Crippen LogP contribution in [-0.4, -0.2) is 29.8 Å². The van der Waals surface area contributed by atoms with Crippen molar-refractivity contribution in [3.05, 3.63) is 22.0 Å². The van der Waals surface area contributed by atoms with Crippen molar-refractivity contribution in [3.63, 3.8) is 0 Å². The zero-order valence-corrected chi connectivity index (χ0v) is 12.1. The van der Waals surface area contributed by atoms with E-state index in [9.17, 15) is 0 Å². The van der Waals surface area contributed by atoms with Gasteiger partial charge in [0, 0.05) is 19.7 Å². The van der Waals surface area contributed by atoms with Crippen molar-refractivity contribution in [3.8, 4) is 0 Å². The van der Waals surface area contributed by atoms with Crippen molar-refractivity contribution >= 4 is 28.3 Å². The fraction of sp³-hybridized carbons (Fsp3) is 0.615. The Morgan fingerprint density at radius 3 is 2.71 bits per heavy atom. The molecule has 0 aliphatic carbocycles. The summed E-state index contributed by atoms with van der Waals surface area (Å²) in [5, 5.41) is 8.83. The third kappa shape index (κ3) is 3.81. The maximum atomic E-state index is 8.83. The SMILES string of the molecule is OCCCC1CCN(c2ccc(I)nc2)CC1. The van der Waals surface area contributed by atoms with Crippen molar-refractivity contribution in [2.45, 2.75) is 25.7 Å². The third-order valence-electron chi connectivity index (χ3n) is 3.46. The predicted molar refractivity (Wildman–Crippen MR) is 78.2 cm³/mol. The first-order chi connectivity index (χ1) is 8.29. The molecule has 3 nitrogen and oxygen atoms in total. The van der Waals surface area contributed by atoms with E-state index in [0.717, 1.165) is 29.1 Å². The van der Waals surface area contributed by atoms with Crippen molar-refractivity contribution < 1.29 is 5.11 Å². The van der Waals surface area contributed by atoms with Crippen LogP contribution in [0, 0.1) is 9.62 Å². The average molecular weight is 346 g/mol.